The molecule has 1 atom stereocenters. The van der Waals surface area contributed by atoms with Gasteiger partial charge in [0.25, 0.3) is 5.91 Å². The van der Waals surface area contributed by atoms with Crippen LogP contribution in [0.5, 0.6) is 0 Å². The average Bonchev–Trinajstić information content (AvgIpc) is 2.93. The summed E-state index contributed by atoms with van der Waals surface area (Å²) in [6.45, 7) is 1.22. The molecule has 21 heavy (non-hydrogen) atoms. The van der Waals surface area contributed by atoms with Crippen LogP contribution in [0.25, 0.3) is 10.9 Å². The van der Waals surface area contributed by atoms with Crippen LogP contribution in [0, 0.1) is 5.92 Å². The lowest BCUT2D eigenvalue weighted by molar-refractivity contribution is -0.138. The van der Waals surface area contributed by atoms with Gasteiger partial charge in [0.05, 0.1) is 11.7 Å². The molecule has 2 heterocycles. The van der Waals surface area contributed by atoms with E-state index in [-0.39, 0.29) is 18.2 Å². The second kappa shape index (κ2) is 5.55. The predicted molar refractivity (Wildman–Crippen MR) is 77.0 cm³/mol. The number of carbonyl (C=O) groups is 2. The van der Waals surface area contributed by atoms with Crippen LogP contribution in [0.2, 0.25) is 0 Å². The smallest absolute Gasteiger partial charge is 0.303 e. The third-order valence-electron chi connectivity index (χ3n) is 3.96. The number of H-pyrrole nitrogens is 1. The zero-order valence-corrected chi connectivity index (χ0v) is 11.6. The molecule has 3 rings (SSSR count). The number of hydrogen-bond donors (Lipinski definition) is 2. The fourth-order valence-corrected chi connectivity index (χ4v) is 2.92. The Kier molecular flexibility index (Phi) is 3.60. The van der Waals surface area contributed by atoms with Crippen LogP contribution in [0.1, 0.15) is 29.6 Å². The first kappa shape index (κ1) is 13.6. The van der Waals surface area contributed by atoms with E-state index >= 15 is 0 Å². The van der Waals surface area contributed by atoms with E-state index in [1.54, 1.807) is 17.2 Å². The number of aromatic amines is 1. The second-order valence-electron chi connectivity index (χ2n) is 5.53. The highest BCUT2D eigenvalue weighted by Crippen LogP contribution is 2.22. The van der Waals surface area contributed by atoms with E-state index in [1.165, 1.54) is 0 Å². The van der Waals surface area contributed by atoms with Gasteiger partial charge in [-0.05, 0) is 37.0 Å². The molecule has 1 amide bonds. The van der Waals surface area contributed by atoms with Crippen LogP contribution < -0.4 is 0 Å². The van der Waals surface area contributed by atoms with Crippen molar-refractivity contribution in [3.05, 3.63) is 30.0 Å². The fourth-order valence-electron chi connectivity index (χ4n) is 2.92. The third-order valence-corrected chi connectivity index (χ3v) is 3.96. The molecule has 1 saturated heterocycles. The first-order valence-electron chi connectivity index (χ1n) is 7.07. The van der Waals surface area contributed by atoms with Gasteiger partial charge in [-0.2, -0.15) is 5.10 Å². The highest BCUT2D eigenvalue weighted by atomic mass is 16.4. The number of benzene rings is 1. The number of nitrogens with one attached hydrogen (secondary N) is 1. The predicted octanol–water partition coefficient (Wildman–Crippen LogP) is 1.89. The number of aliphatic carboxylic acids is 1. The fraction of sp³-hybridized carbons (Fsp3) is 0.400. The molecule has 0 saturated carbocycles. The van der Waals surface area contributed by atoms with E-state index in [0.717, 1.165) is 23.7 Å². The van der Waals surface area contributed by atoms with Gasteiger partial charge in [0.2, 0.25) is 0 Å². The van der Waals surface area contributed by atoms with E-state index in [9.17, 15) is 9.59 Å². The van der Waals surface area contributed by atoms with Crippen LogP contribution in [0.4, 0.5) is 0 Å². The Morgan fingerprint density at radius 3 is 3.10 bits per heavy atom. The zero-order chi connectivity index (χ0) is 14.8. The van der Waals surface area contributed by atoms with Crippen molar-refractivity contribution in [2.24, 2.45) is 5.92 Å². The maximum atomic E-state index is 12.5. The highest BCUT2D eigenvalue weighted by molar-refractivity contribution is 5.97. The molecule has 6 nitrogen and oxygen atoms in total. The molecule has 6 heteroatoms. The van der Waals surface area contributed by atoms with Gasteiger partial charge in [-0.1, -0.05) is 0 Å². The molecular formula is C15H17N3O3. The summed E-state index contributed by atoms with van der Waals surface area (Å²) < 4.78 is 0. The lowest BCUT2D eigenvalue weighted by atomic mass is 9.94. The molecule has 1 aromatic carbocycles. The molecule has 110 valence electrons. The van der Waals surface area contributed by atoms with Crippen molar-refractivity contribution in [1.82, 2.24) is 15.1 Å². The van der Waals surface area contributed by atoms with Gasteiger partial charge in [0.15, 0.2) is 0 Å². The Morgan fingerprint density at radius 1 is 1.43 bits per heavy atom. The molecule has 1 aromatic heterocycles. The van der Waals surface area contributed by atoms with Crippen molar-refractivity contribution in [3.63, 3.8) is 0 Å². The second-order valence-corrected chi connectivity index (χ2v) is 5.53. The molecule has 1 aliphatic heterocycles. The van der Waals surface area contributed by atoms with Gasteiger partial charge in [-0.15, -0.1) is 0 Å². The van der Waals surface area contributed by atoms with Gasteiger partial charge < -0.3 is 10.0 Å². The van der Waals surface area contributed by atoms with E-state index in [2.05, 4.69) is 10.2 Å². The molecule has 0 spiro atoms. The summed E-state index contributed by atoms with van der Waals surface area (Å²) >= 11 is 0. The minimum absolute atomic E-state index is 0.0341. The summed E-state index contributed by atoms with van der Waals surface area (Å²) in [7, 11) is 0. The number of carboxylic acid groups (broad SMARTS) is 1. The van der Waals surface area contributed by atoms with E-state index < -0.39 is 5.97 Å². The summed E-state index contributed by atoms with van der Waals surface area (Å²) in [4.78, 5) is 25.1. The van der Waals surface area contributed by atoms with Gasteiger partial charge in [-0.3, -0.25) is 14.7 Å². The Morgan fingerprint density at radius 2 is 2.29 bits per heavy atom. The largest absolute Gasteiger partial charge is 0.481 e. The first-order valence-corrected chi connectivity index (χ1v) is 7.07. The van der Waals surface area contributed by atoms with Crippen LogP contribution in [0.15, 0.2) is 24.4 Å². The lowest BCUT2D eigenvalue weighted by Crippen LogP contribution is -2.40. The standard InChI is InChI=1S/C15H17N3O3/c19-14(20)6-10-2-1-5-18(9-10)15(21)11-3-4-13-12(7-11)8-16-17-13/h3-4,7-8,10H,1-2,5-6,9H2,(H,16,17)(H,19,20). The number of fused-ring (bicyclic) bond motifs is 1. The van der Waals surface area contributed by atoms with Gasteiger partial charge >= 0.3 is 5.97 Å². The number of amides is 1. The Balaban J connectivity index is 1.75. The quantitative estimate of drug-likeness (QED) is 0.902. The summed E-state index contributed by atoms with van der Waals surface area (Å²) in [6, 6.07) is 5.44. The molecular weight excluding hydrogens is 270 g/mol. The Labute approximate surface area is 121 Å². The topological polar surface area (TPSA) is 86.3 Å². The molecule has 0 aliphatic carbocycles. The first-order chi connectivity index (χ1) is 10.1. The van der Waals surface area contributed by atoms with Crippen molar-refractivity contribution in [3.8, 4) is 0 Å². The summed E-state index contributed by atoms with van der Waals surface area (Å²) in [5.74, 6) is -0.778. The number of likely N-dealkylation sites (tertiary alicyclic amines) is 1. The van der Waals surface area contributed by atoms with Crippen LogP contribution in [0.3, 0.4) is 0 Å². The highest BCUT2D eigenvalue weighted by Gasteiger charge is 2.26. The maximum Gasteiger partial charge on any atom is 0.303 e. The summed E-state index contributed by atoms with van der Waals surface area (Å²) in [5.41, 5.74) is 1.52. The number of aromatic nitrogens is 2. The summed E-state index contributed by atoms with van der Waals surface area (Å²) in [5, 5.41) is 16.6. The average molecular weight is 287 g/mol. The number of carbonyl (C=O) groups excluding carboxylic acids is 1. The number of nitrogens with zero attached hydrogens (tertiary/aromatic N) is 2. The molecule has 0 radical (unpaired) electrons. The molecule has 0 bridgehead atoms. The van der Waals surface area contributed by atoms with Crippen molar-refractivity contribution >= 4 is 22.8 Å². The monoisotopic (exact) mass is 287 g/mol. The number of rotatable bonds is 3. The maximum absolute atomic E-state index is 12.5. The molecule has 2 N–H and O–H groups in total. The van der Waals surface area contributed by atoms with Crippen molar-refractivity contribution in [2.45, 2.75) is 19.3 Å². The molecule has 1 fully saturated rings. The van der Waals surface area contributed by atoms with E-state index in [0.29, 0.717) is 18.7 Å². The van der Waals surface area contributed by atoms with Gasteiger partial charge in [-0.25, -0.2) is 0 Å². The van der Waals surface area contributed by atoms with Gasteiger partial charge in [0, 0.05) is 30.5 Å². The molecule has 1 unspecified atom stereocenters. The molecule has 1 aliphatic rings. The van der Waals surface area contributed by atoms with Crippen LogP contribution in [-0.4, -0.2) is 45.2 Å². The van der Waals surface area contributed by atoms with Crippen molar-refractivity contribution in [2.75, 3.05) is 13.1 Å². The number of carboxylic acids is 1. The minimum Gasteiger partial charge on any atom is -0.481 e. The SMILES string of the molecule is O=C(O)CC1CCCN(C(=O)c2ccc3[nH]ncc3c2)C1. The summed E-state index contributed by atoms with van der Waals surface area (Å²) in [6.07, 6.45) is 3.55. The normalized spacial score (nSPS) is 18.9. The van der Waals surface area contributed by atoms with E-state index in [1.807, 2.05) is 12.1 Å². The van der Waals surface area contributed by atoms with Gasteiger partial charge in [0.1, 0.15) is 0 Å². The minimum atomic E-state index is -0.797. The Bertz CT molecular complexity index is 680. The van der Waals surface area contributed by atoms with Crippen molar-refractivity contribution in [1.29, 1.82) is 0 Å². The third kappa shape index (κ3) is 2.89. The van der Waals surface area contributed by atoms with Crippen LogP contribution in [-0.2, 0) is 4.79 Å². The van der Waals surface area contributed by atoms with Crippen LogP contribution >= 0.6 is 0 Å². The Hall–Kier alpha value is -2.37. The molecule has 2 aromatic rings. The zero-order valence-electron chi connectivity index (χ0n) is 11.6. The number of piperidine rings is 1. The lowest BCUT2D eigenvalue weighted by Gasteiger charge is -2.32. The number of hydrogen-bond acceptors (Lipinski definition) is 3. The van der Waals surface area contributed by atoms with Crippen molar-refractivity contribution < 1.29 is 14.7 Å². The van der Waals surface area contributed by atoms with E-state index in [4.69, 9.17) is 5.11 Å².